The molecule has 1 unspecified atom stereocenters. The Morgan fingerprint density at radius 1 is 1.09 bits per heavy atom. The molecule has 122 valence electrons. The summed E-state index contributed by atoms with van der Waals surface area (Å²) in [6.07, 6.45) is 7.36. The maximum absolute atomic E-state index is 5.85. The summed E-state index contributed by atoms with van der Waals surface area (Å²) in [7, 11) is 0. The van der Waals surface area contributed by atoms with Crippen LogP contribution >= 0.6 is 0 Å². The molecule has 3 nitrogen and oxygen atoms in total. The maximum atomic E-state index is 5.85. The fourth-order valence-electron chi connectivity index (χ4n) is 2.57. The maximum Gasteiger partial charge on any atom is 0.216 e. The van der Waals surface area contributed by atoms with Crippen molar-refractivity contribution in [2.45, 2.75) is 52.4 Å². The summed E-state index contributed by atoms with van der Waals surface area (Å²) in [4.78, 5) is 4.62. The van der Waals surface area contributed by atoms with Gasteiger partial charge in [0, 0.05) is 18.0 Å². The largest absolute Gasteiger partial charge is 0.494 e. The van der Waals surface area contributed by atoms with Crippen LogP contribution in [0.5, 0.6) is 5.75 Å². The van der Waals surface area contributed by atoms with Gasteiger partial charge < -0.3 is 9.47 Å². The number of benzene rings is 1. The van der Waals surface area contributed by atoms with Crippen LogP contribution in [-0.4, -0.2) is 25.7 Å². The van der Waals surface area contributed by atoms with Crippen molar-refractivity contribution >= 4 is 5.90 Å². The standard InChI is InChI=1S/C19H29NO2/c1-3-5-7-8-16-14-20-19(22-15-16)17-9-11-18(12-10-17)21-13-6-4-2/h9-12,16H,3-8,13-15H2,1-2H3. The molecule has 1 aliphatic heterocycles. The summed E-state index contributed by atoms with van der Waals surface area (Å²) in [5.41, 5.74) is 1.05. The molecule has 0 spiro atoms. The van der Waals surface area contributed by atoms with Gasteiger partial charge in [-0.25, -0.2) is 0 Å². The van der Waals surface area contributed by atoms with Crippen molar-refractivity contribution < 1.29 is 9.47 Å². The van der Waals surface area contributed by atoms with Crippen LogP contribution in [0.1, 0.15) is 57.9 Å². The lowest BCUT2D eigenvalue weighted by Gasteiger charge is -2.22. The van der Waals surface area contributed by atoms with Crippen LogP contribution < -0.4 is 4.74 Å². The summed E-state index contributed by atoms with van der Waals surface area (Å²) in [6, 6.07) is 8.09. The molecule has 0 fully saturated rings. The third-order valence-electron chi connectivity index (χ3n) is 4.03. The minimum absolute atomic E-state index is 0.590. The highest BCUT2D eigenvalue weighted by Gasteiger charge is 2.17. The summed E-state index contributed by atoms with van der Waals surface area (Å²) in [5.74, 6) is 2.30. The monoisotopic (exact) mass is 303 g/mol. The summed E-state index contributed by atoms with van der Waals surface area (Å²) in [6.45, 7) is 6.89. The number of unbranched alkanes of at least 4 members (excludes halogenated alkanes) is 3. The fraction of sp³-hybridized carbons (Fsp3) is 0.632. The molecule has 0 aliphatic carbocycles. The first kappa shape index (κ1) is 16.9. The molecular formula is C19H29NO2. The second-order valence-electron chi connectivity index (χ2n) is 6.05. The second kappa shape index (κ2) is 9.50. The van der Waals surface area contributed by atoms with Crippen molar-refractivity contribution in [3.8, 4) is 5.75 Å². The highest BCUT2D eigenvalue weighted by Crippen LogP contribution is 2.19. The highest BCUT2D eigenvalue weighted by atomic mass is 16.5. The molecule has 1 heterocycles. The Morgan fingerprint density at radius 3 is 2.50 bits per heavy atom. The number of hydrogen-bond acceptors (Lipinski definition) is 3. The van der Waals surface area contributed by atoms with E-state index in [9.17, 15) is 0 Å². The van der Waals surface area contributed by atoms with Crippen LogP contribution in [0.2, 0.25) is 0 Å². The average Bonchev–Trinajstić information content (AvgIpc) is 2.57. The molecule has 0 radical (unpaired) electrons. The topological polar surface area (TPSA) is 30.8 Å². The molecule has 0 amide bonds. The van der Waals surface area contributed by atoms with E-state index in [1.165, 1.54) is 25.7 Å². The van der Waals surface area contributed by atoms with Gasteiger partial charge in [0.1, 0.15) is 5.75 Å². The summed E-state index contributed by atoms with van der Waals surface area (Å²) < 4.78 is 11.5. The van der Waals surface area contributed by atoms with Gasteiger partial charge in [-0.3, -0.25) is 4.99 Å². The zero-order valence-corrected chi connectivity index (χ0v) is 14.0. The molecule has 0 aromatic heterocycles. The number of rotatable bonds is 9. The molecule has 3 heteroatoms. The van der Waals surface area contributed by atoms with Crippen molar-refractivity contribution in [1.82, 2.24) is 0 Å². The Bertz CT molecular complexity index is 453. The molecule has 0 N–H and O–H groups in total. The van der Waals surface area contributed by atoms with Gasteiger partial charge in [-0.05, 0) is 37.1 Å². The van der Waals surface area contributed by atoms with Gasteiger partial charge >= 0.3 is 0 Å². The van der Waals surface area contributed by atoms with Gasteiger partial charge in [0.15, 0.2) is 0 Å². The SMILES string of the molecule is CCCCCC1CN=C(c2ccc(OCCCC)cc2)OC1. The number of aliphatic imine (C=N–C) groups is 1. The number of hydrogen-bond donors (Lipinski definition) is 0. The van der Waals surface area contributed by atoms with E-state index in [0.29, 0.717) is 5.92 Å². The van der Waals surface area contributed by atoms with E-state index >= 15 is 0 Å². The van der Waals surface area contributed by atoms with Gasteiger partial charge in [-0.1, -0.05) is 39.5 Å². The third-order valence-corrected chi connectivity index (χ3v) is 4.03. The van der Waals surface area contributed by atoms with Crippen LogP contribution in [0.15, 0.2) is 29.3 Å². The lowest BCUT2D eigenvalue weighted by atomic mass is 10.0. The Morgan fingerprint density at radius 2 is 1.86 bits per heavy atom. The van der Waals surface area contributed by atoms with E-state index in [0.717, 1.165) is 49.8 Å². The first-order valence-corrected chi connectivity index (χ1v) is 8.74. The van der Waals surface area contributed by atoms with Crippen LogP contribution in [-0.2, 0) is 4.74 Å². The fourth-order valence-corrected chi connectivity index (χ4v) is 2.57. The Labute approximate surface area is 134 Å². The molecule has 1 aromatic rings. The molecule has 0 saturated carbocycles. The average molecular weight is 303 g/mol. The van der Waals surface area contributed by atoms with Crippen molar-refractivity contribution in [2.75, 3.05) is 19.8 Å². The molecule has 1 aromatic carbocycles. The van der Waals surface area contributed by atoms with Crippen LogP contribution in [0.25, 0.3) is 0 Å². The Balaban J connectivity index is 1.82. The van der Waals surface area contributed by atoms with Gasteiger partial charge in [0.2, 0.25) is 5.90 Å². The molecular weight excluding hydrogens is 274 g/mol. The molecule has 22 heavy (non-hydrogen) atoms. The van der Waals surface area contributed by atoms with Crippen LogP contribution in [0, 0.1) is 5.92 Å². The molecule has 2 rings (SSSR count). The Hall–Kier alpha value is -1.51. The van der Waals surface area contributed by atoms with E-state index in [4.69, 9.17) is 9.47 Å². The predicted octanol–water partition coefficient (Wildman–Crippen LogP) is 4.84. The predicted molar refractivity (Wildman–Crippen MR) is 91.8 cm³/mol. The first-order valence-electron chi connectivity index (χ1n) is 8.74. The number of nitrogens with zero attached hydrogens (tertiary/aromatic N) is 1. The zero-order valence-electron chi connectivity index (χ0n) is 14.0. The van der Waals surface area contributed by atoms with Crippen molar-refractivity contribution in [3.05, 3.63) is 29.8 Å². The second-order valence-corrected chi connectivity index (χ2v) is 6.05. The van der Waals surface area contributed by atoms with Gasteiger partial charge in [-0.15, -0.1) is 0 Å². The van der Waals surface area contributed by atoms with Crippen molar-refractivity contribution in [1.29, 1.82) is 0 Å². The quantitative estimate of drug-likeness (QED) is 0.611. The van der Waals surface area contributed by atoms with Crippen LogP contribution in [0.3, 0.4) is 0 Å². The van der Waals surface area contributed by atoms with E-state index in [-0.39, 0.29) is 0 Å². The zero-order chi connectivity index (χ0) is 15.6. The lowest BCUT2D eigenvalue weighted by Crippen LogP contribution is -2.23. The van der Waals surface area contributed by atoms with Crippen molar-refractivity contribution in [3.63, 3.8) is 0 Å². The molecule has 0 bridgehead atoms. The van der Waals surface area contributed by atoms with E-state index in [1.54, 1.807) is 0 Å². The van der Waals surface area contributed by atoms with Crippen molar-refractivity contribution in [2.24, 2.45) is 10.9 Å². The van der Waals surface area contributed by atoms with Gasteiger partial charge in [-0.2, -0.15) is 0 Å². The van der Waals surface area contributed by atoms with Crippen LogP contribution in [0.4, 0.5) is 0 Å². The summed E-state index contributed by atoms with van der Waals surface area (Å²) >= 11 is 0. The van der Waals surface area contributed by atoms with E-state index in [2.05, 4.69) is 18.8 Å². The third kappa shape index (κ3) is 5.36. The van der Waals surface area contributed by atoms with Gasteiger partial charge in [0.25, 0.3) is 0 Å². The van der Waals surface area contributed by atoms with E-state index in [1.807, 2.05) is 24.3 Å². The number of ether oxygens (including phenoxy) is 2. The molecule has 0 saturated heterocycles. The Kier molecular flexibility index (Phi) is 7.27. The van der Waals surface area contributed by atoms with E-state index < -0.39 is 0 Å². The normalized spacial score (nSPS) is 17.7. The molecule has 1 aliphatic rings. The first-order chi connectivity index (χ1) is 10.8. The van der Waals surface area contributed by atoms with Gasteiger partial charge in [0.05, 0.1) is 13.2 Å². The smallest absolute Gasteiger partial charge is 0.216 e. The molecule has 1 atom stereocenters. The minimum atomic E-state index is 0.590. The lowest BCUT2D eigenvalue weighted by molar-refractivity contribution is 0.211. The highest BCUT2D eigenvalue weighted by molar-refractivity contribution is 5.94. The minimum Gasteiger partial charge on any atom is -0.494 e. The summed E-state index contributed by atoms with van der Waals surface area (Å²) in [5, 5.41) is 0.